The molecule has 1 aromatic rings. The van der Waals surface area contributed by atoms with E-state index in [-0.39, 0.29) is 0 Å². The molecule has 1 aromatic carbocycles. The van der Waals surface area contributed by atoms with Gasteiger partial charge in [0.25, 0.3) is 0 Å². The number of benzene rings is 1. The van der Waals surface area contributed by atoms with Crippen LogP contribution in [0.4, 0.5) is 0 Å². The topological polar surface area (TPSA) is 12.0 Å². The van der Waals surface area contributed by atoms with Crippen molar-refractivity contribution < 1.29 is 0 Å². The van der Waals surface area contributed by atoms with Crippen LogP contribution >= 0.6 is 11.8 Å². The van der Waals surface area contributed by atoms with Gasteiger partial charge in [0.15, 0.2) is 0 Å². The summed E-state index contributed by atoms with van der Waals surface area (Å²) in [4.78, 5) is 0. The fourth-order valence-corrected chi connectivity index (χ4v) is 3.04. The van der Waals surface area contributed by atoms with Gasteiger partial charge in [-0.3, -0.25) is 0 Å². The van der Waals surface area contributed by atoms with E-state index in [0.717, 1.165) is 0 Å². The van der Waals surface area contributed by atoms with Gasteiger partial charge in [-0.2, -0.15) is 11.8 Å². The summed E-state index contributed by atoms with van der Waals surface area (Å²) in [6.45, 7) is 4.54. The summed E-state index contributed by atoms with van der Waals surface area (Å²) in [5, 5.41) is 3.83. The van der Waals surface area contributed by atoms with Crippen LogP contribution in [0.2, 0.25) is 0 Å². The largest absolute Gasteiger partial charge is 0.308 e. The third-order valence-corrected chi connectivity index (χ3v) is 4.51. The van der Waals surface area contributed by atoms with E-state index >= 15 is 0 Å². The van der Waals surface area contributed by atoms with E-state index in [1.807, 2.05) is 11.8 Å². The van der Waals surface area contributed by atoms with Crippen LogP contribution in [0, 0.1) is 0 Å². The molecule has 1 aliphatic rings. The molecule has 17 heavy (non-hydrogen) atoms. The van der Waals surface area contributed by atoms with E-state index in [9.17, 15) is 0 Å². The van der Waals surface area contributed by atoms with Gasteiger partial charge in [0.2, 0.25) is 0 Å². The van der Waals surface area contributed by atoms with Crippen LogP contribution in [0.1, 0.15) is 32.3 Å². The number of rotatable bonds is 7. The Kier molecular flexibility index (Phi) is 4.52. The first kappa shape index (κ1) is 13.0. The predicted molar refractivity (Wildman–Crippen MR) is 77.7 cm³/mol. The SMILES string of the molecule is CCSC[C@@H](C)NC1(Cc2ccccc2)CC1. The first-order valence-corrected chi connectivity index (χ1v) is 7.79. The molecule has 0 heterocycles. The smallest absolute Gasteiger partial charge is 0.0226 e. The number of thioether (sulfide) groups is 1. The van der Waals surface area contributed by atoms with Gasteiger partial charge in [-0.1, -0.05) is 37.3 Å². The van der Waals surface area contributed by atoms with Gasteiger partial charge in [0, 0.05) is 17.3 Å². The third-order valence-electron chi connectivity index (χ3n) is 3.36. The number of hydrogen-bond acceptors (Lipinski definition) is 2. The summed E-state index contributed by atoms with van der Waals surface area (Å²) in [5.41, 5.74) is 1.88. The van der Waals surface area contributed by atoms with E-state index in [4.69, 9.17) is 0 Å². The fourth-order valence-electron chi connectivity index (χ4n) is 2.37. The van der Waals surface area contributed by atoms with Crippen molar-refractivity contribution in [1.82, 2.24) is 5.32 Å². The zero-order chi connectivity index (χ0) is 12.1. The molecule has 1 fully saturated rings. The van der Waals surface area contributed by atoms with E-state index in [1.54, 1.807) is 0 Å². The summed E-state index contributed by atoms with van der Waals surface area (Å²) in [6, 6.07) is 11.5. The second kappa shape index (κ2) is 5.92. The monoisotopic (exact) mass is 249 g/mol. The van der Waals surface area contributed by atoms with Gasteiger partial charge in [0.1, 0.15) is 0 Å². The molecule has 0 unspecified atom stereocenters. The lowest BCUT2D eigenvalue weighted by Gasteiger charge is -2.22. The van der Waals surface area contributed by atoms with Crippen LogP contribution in [0.3, 0.4) is 0 Å². The lowest BCUT2D eigenvalue weighted by molar-refractivity contribution is 0.448. The second-order valence-electron chi connectivity index (χ2n) is 5.15. The van der Waals surface area contributed by atoms with Crippen LogP contribution < -0.4 is 5.32 Å². The maximum Gasteiger partial charge on any atom is 0.0226 e. The van der Waals surface area contributed by atoms with Crippen LogP contribution in [-0.4, -0.2) is 23.1 Å². The predicted octanol–water partition coefficient (Wildman–Crippen LogP) is 3.49. The Morgan fingerprint density at radius 3 is 2.59 bits per heavy atom. The van der Waals surface area contributed by atoms with E-state index in [0.29, 0.717) is 11.6 Å². The van der Waals surface area contributed by atoms with Crippen LogP contribution in [-0.2, 0) is 6.42 Å². The highest BCUT2D eigenvalue weighted by Crippen LogP contribution is 2.39. The van der Waals surface area contributed by atoms with Crippen molar-refractivity contribution >= 4 is 11.8 Å². The molecule has 0 radical (unpaired) electrons. The van der Waals surface area contributed by atoms with Gasteiger partial charge in [0.05, 0.1) is 0 Å². The Balaban J connectivity index is 1.83. The fraction of sp³-hybridized carbons (Fsp3) is 0.600. The summed E-state index contributed by atoms with van der Waals surface area (Å²) in [7, 11) is 0. The molecule has 0 spiro atoms. The minimum absolute atomic E-state index is 0.412. The standard InChI is InChI=1S/C15H23NS/c1-3-17-12-13(2)16-15(9-10-15)11-14-7-5-4-6-8-14/h4-8,13,16H,3,9-12H2,1-2H3/t13-/m1/s1. The molecule has 2 heteroatoms. The molecule has 0 amide bonds. The first-order valence-electron chi connectivity index (χ1n) is 6.63. The van der Waals surface area contributed by atoms with E-state index in [2.05, 4.69) is 49.5 Å². The Morgan fingerprint density at radius 2 is 2.00 bits per heavy atom. The summed E-state index contributed by atoms with van der Waals surface area (Å²) >= 11 is 2.03. The molecular weight excluding hydrogens is 226 g/mol. The van der Waals surface area contributed by atoms with Crippen LogP contribution in [0.5, 0.6) is 0 Å². The molecule has 0 aliphatic heterocycles. The van der Waals surface area contributed by atoms with E-state index in [1.165, 1.54) is 36.3 Å². The molecule has 0 bridgehead atoms. The summed E-state index contributed by atoms with van der Waals surface area (Å²) in [5.74, 6) is 2.45. The molecule has 1 nitrogen and oxygen atoms in total. The summed E-state index contributed by atoms with van der Waals surface area (Å²) in [6.07, 6.45) is 3.86. The lowest BCUT2D eigenvalue weighted by Crippen LogP contribution is -2.41. The van der Waals surface area contributed by atoms with Crippen molar-refractivity contribution in [2.75, 3.05) is 11.5 Å². The van der Waals surface area contributed by atoms with Gasteiger partial charge in [-0.25, -0.2) is 0 Å². The minimum Gasteiger partial charge on any atom is -0.308 e. The van der Waals surface area contributed by atoms with Crippen molar-refractivity contribution in [2.45, 2.75) is 44.7 Å². The van der Waals surface area contributed by atoms with Crippen molar-refractivity contribution in [3.05, 3.63) is 35.9 Å². The molecular formula is C15H23NS. The van der Waals surface area contributed by atoms with Crippen molar-refractivity contribution in [3.8, 4) is 0 Å². The highest BCUT2D eigenvalue weighted by molar-refractivity contribution is 7.99. The highest BCUT2D eigenvalue weighted by atomic mass is 32.2. The number of nitrogens with one attached hydrogen (secondary N) is 1. The zero-order valence-electron chi connectivity index (χ0n) is 10.9. The Hall–Kier alpha value is -0.470. The molecule has 1 aliphatic carbocycles. The Bertz CT molecular complexity index is 332. The molecule has 94 valence electrons. The third kappa shape index (κ3) is 4.04. The van der Waals surface area contributed by atoms with Crippen molar-refractivity contribution in [3.63, 3.8) is 0 Å². The average Bonchev–Trinajstić information content (AvgIpc) is 3.07. The maximum atomic E-state index is 3.83. The van der Waals surface area contributed by atoms with Gasteiger partial charge < -0.3 is 5.32 Å². The normalized spacial score (nSPS) is 18.9. The van der Waals surface area contributed by atoms with Gasteiger partial charge in [-0.05, 0) is 37.5 Å². The Morgan fingerprint density at radius 1 is 1.29 bits per heavy atom. The molecule has 0 aromatic heterocycles. The number of hydrogen-bond donors (Lipinski definition) is 1. The molecule has 1 N–H and O–H groups in total. The maximum absolute atomic E-state index is 3.83. The van der Waals surface area contributed by atoms with Crippen LogP contribution in [0.25, 0.3) is 0 Å². The molecule has 2 rings (SSSR count). The zero-order valence-corrected chi connectivity index (χ0v) is 11.7. The van der Waals surface area contributed by atoms with Crippen molar-refractivity contribution in [1.29, 1.82) is 0 Å². The highest BCUT2D eigenvalue weighted by Gasteiger charge is 2.42. The lowest BCUT2D eigenvalue weighted by atomic mass is 10.0. The average molecular weight is 249 g/mol. The van der Waals surface area contributed by atoms with Crippen molar-refractivity contribution in [2.24, 2.45) is 0 Å². The van der Waals surface area contributed by atoms with Gasteiger partial charge >= 0.3 is 0 Å². The Labute approximate surface area is 109 Å². The second-order valence-corrected chi connectivity index (χ2v) is 6.47. The summed E-state index contributed by atoms with van der Waals surface area (Å²) < 4.78 is 0. The molecule has 0 saturated heterocycles. The van der Waals surface area contributed by atoms with E-state index < -0.39 is 0 Å². The first-order chi connectivity index (χ1) is 8.24. The molecule has 1 atom stereocenters. The van der Waals surface area contributed by atoms with Crippen LogP contribution in [0.15, 0.2) is 30.3 Å². The minimum atomic E-state index is 0.412. The molecule has 1 saturated carbocycles. The quantitative estimate of drug-likeness (QED) is 0.794. The van der Waals surface area contributed by atoms with Gasteiger partial charge in [-0.15, -0.1) is 0 Å².